The zero-order valence-electron chi connectivity index (χ0n) is 15.6. The minimum atomic E-state index is -0.306. The molecule has 3 aromatic heterocycles. The number of carbonyl (C=O) groups excluding carboxylic acids is 1. The molecule has 1 amide bonds. The number of fused-ring (bicyclic) bond motifs is 1. The Kier molecular flexibility index (Phi) is 4.25. The van der Waals surface area contributed by atoms with Gasteiger partial charge in [-0.25, -0.2) is 9.20 Å². The Morgan fingerprint density at radius 2 is 2.11 bits per heavy atom. The molecule has 0 unspecified atom stereocenters. The number of hydrogen-bond acceptors (Lipinski definition) is 5. The molecule has 0 radical (unpaired) electrons. The molecule has 1 fully saturated rings. The second kappa shape index (κ2) is 6.61. The van der Waals surface area contributed by atoms with Gasteiger partial charge in [-0.2, -0.15) is 10.2 Å². The van der Waals surface area contributed by atoms with Gasteiger partial charge in [0.25, 0.3) is 5.56 Å². The van der Waals surface area contributed by atoms with Crippen LogP contribution in [0, 0.1) is 6.92 Å². The van der Waals surface area contributed by atoms with Crippen molar-refractivity contribution in [2.24, 2.45) is 0 Å². The highest BCUT2D eigenvalue weighted by Gasteiger charge is 2.28. The van der Waals surface area contributed by atoms with E-state index in [1.807, 2.05) is 26.8 Å². The molecule has 8 nitrogen and oxygen atoms in total. The second-order valence-electron chi connectivity index (χ2n) is 7.35. The zero-order valence-corrected chi connectivity index (χ0v) is 15.6. The highest BCUT2D eigenvalue weighted by Crippen LogP contribution is 2.39. The van der Waals surface area contributed by atoms with Crippen molar-refractivity contribution in [1.29, 1.82) is 0 Å². The van der Waals surface area contributed by atoms with Gasteiger partial charge in [0.2, 0.25) is 5.91 Å². The first-order valence-electron chi connectivity index (χ1n) is 9.15. The molecule has 0 atom stereocenters. The number of hydrogen-bond donors (Lipinski definition) is 1. The molecule has 140 valence electrons. The molecule has 8 heteroatoms. The lowest BCUT2D eigenvalue weighted by Gasteiger charge is -2.12. The maximum atomic E-state index is 12.9. The summed E-state index contributed by atoms with van der Waals surface area (Å²) >= 11 is 0. The first-order valence-corrected chi connectivity index (χ1v) is 9.15. The SMILES string of the molecule is Cc1cnccc1NC(=O)Cn1nc(C(C)C)n2nc(C3CC3)cc2c1=O. The normalized spacial score (nSPS) is 14.1. The van der Waals surface area contributed by atoms with Crippen LogP contribution in [0.15, 0.2) is 29.3 Å². The van der Waals surface area contributed by atoms with Crippen LogP contribution in [0.1, 0.15) is 55.6 Å². The van der Waals surface area contributed by atoms with Gasteiger partial charge in [0.05, 0.1) is 5.69 Å². The van der Waals surface area contributed by atoms with E-state index in [0.29, 0.717) is 22.9 Å². The Balaban J connectivity index is 1.68. The third kappa shape index (κ3) is 3.34. The summed E-state index contributed by atoms with van der Waals surface area (Å²) in [4.78, 5) is 29.3. The Labute approximate surface area is 156 Å². The van der Waals surface area contributed by atoms with Gasteiger partial charge in [0.15, 0.2) is 5.82 Å². The van der Waals surface area contributed by atoms with E-state index in [1.54, 1.807) is 23.0 Å². The van der Waals surface area contributed by atoms with Crippen molar-refractivity contribution < 1.29 is 4.79 Å². The molecule has 1 aliphatic rings. The van der Waals surface area contributed by atoms with E-state index in [4.69, 9.17) is 0 Å². The fraction of sp³-hybridized carbons (Fsp3) is 0.421. The molecule has 1 aliphatic carbocycles. The first kappa shape index (κ1) is 17.4. The van der Waals surface area contributed by atoms with Crippen molar-refractivity contribution in [2.45, 2.75) is 52.0 Å². The van der Waals surface area contributed by atoms with Gasteiger partial charge >= 0.3 is 0 Å². The Morgan fingerprint density at radius 3 is 2.78 bits per heavy atom. The van der Waals surface area contributed by atoms with Crippen LogP contribution in [-0.4, -0.2) is 30.3 Å². The molecule has 1 saturated carbocycles. The predicted octanol–water partition coefficient (Wildman–Crippen LogP) is 2.23. The Hall–Kier alpha value is -3.03. The monoisotopic (exact) mass is 366 g/mol. The summed E-state index contributed by atoms with van der Waals surface area (Å²) in [6, 6.07) is 3.57. The Bertz CT molecular complexity index is 1080. The molecule has 0 saturated heterocycles. The number of aromatic nitrogens is 5. The quantitative estimate of drug-likeness (QED) is 0.747. The topological polar surface area (TPSA) is 94.2 Å². The van der Waals surface area contributed by atoms with E-state index in [-0.39, 0.29) is 23.9 Å². The highest BCUT2D eigenvalue weighted by atomic mass is 16.2. The predicted molar refractivity (Wildman–Crippen MR) is 101 cm³/mol. The summed E-state index contributed by atoms with van der Waals surface area (Å²) in [5.41, 5.74) is 2.64. The molecule has 27 heavy (non-hydrogen) atoms. The number of nitrogens with zero attached hydrogens (tertiary/aromatic N) is 5. The summed E-state index contributed by atoms with van der Waals surface area (Å²) in [5, 5.41) is 11.8. The maximum Gasteiger partial charge on any atom is 0.293 e. The van der Waals surface area contributed by atoms with Gasteiger partial charge in [-0.05, 0) is 37.5 Å². The van der Waals surface area contributed by atoms with Gasteiger partial charge < -0.3 is 5.32 Å². The third-order valence-electron chi connectivity index (χ3n) is 4.72. The van der Waals surface area contributed by atoms with Gasteiger partial charge in [-0.15, -0.1) is 0 Å². The van der Waals surface area contributed by atoms with E-state index in [0.717, 1.165) is 24.1 Å². The van der Waals surface area contributed by atoms with Gasteiger partial charge in [0, 0.05) is 29.9 Å². The number of nitrogens with one attached hydrogen (secondary N) is 1. The fourth-order valence-corrected chi connectivity index (χ4v) is 3.06. The van der Waals surface area contributed by atoms with Crippen LogP contribution in [0.2, 0.25) is 0 Å². The van der Waals surface area contributed by atoms with E-state index >= 15 is 0 Å². The van der Waals surface area contributed by atoms with Crippen LogP contribution in [0.25, 0.3) is 5.52 Å². The van der Waals surface area contributed by atoms with Crippen LogP contribution in [0.5, 0.6) is 0 Å². The van der Waals surface area contributed by atoms with Crippen molar-refractivity contribution in [3.8, 4) is 0 Å². The molecule has 3 aromatic rings. The lowest BCUT2D eigenvalue weighted by molar-refractivity contribution is -0.117. The zero-order chi connectivity index (χ0) is 19.1. The summed E-state index contributed by atoms with van der Waals surface area (Å²) < 4.78 is 2.87. The lowest BCUT2D eigenvalue weighted by atomic mass is 10.2. The average molecular weight is 366 g/mol. The van der Waals surface area contributed by atoms with E-state index in [9.17, 15) is 9.59 Å². The Morgan fingerprint density at radius 1 is 1.33 bits per heavy atom. The molecule has 1 N–H and O–H groups in total. The number of amides is 1. The molecular formula is C19H22N6O2. The summed E-state index contributed by atoms with van der Waals surface area (Å²) in [6.45, 7) is 5.70. The van der Waals surface area contributed by atoms with Gasteiger partial charge in [0.1, 0.15) is 12.1 Å². The molecule has 4 rings (SSSR count). The van der Waals surface area contributed by atoms with Crippen LogP contribution in [-0.2, 0) is 11.3 Å². The van der Waals surface area contributed by atoms with Crippen LogP contribution >= 0.6 is 0 Å². The van der Waals surface area contributed by atoms with Crippen LogP contribution < -0.4 is 10.9 Å². The first-order chi connectivity index (χ1) is 12.9. The average Bonchev–Trinajstić information content (AvgIpc) is 3.38. The van der Waals surface area contributed by atoms with Crippen molar-refractivity contribution >= 4 is 17.1 Å². The number of rotatable bonds is 5. The number of aryl methyl sites for hydroxylation is 1. The number of pyridine rings is 1. The van der Waals surface area contributed by atoms with Crippen molar-refractivity contribution in [2.75, 3.05) is 5.32 Å². The van der Waals surface area contributed by atoms with Crippen molar-refractivity contribution in [1.82, 2.24) is 24.4 Å². The van der Waals surface area contributed by atoms with Crippen LogP contribution in [0.3, 0.4) is 0 Å². The highest BCUT2D eigenvalue weighted by molar-refractivity contribution is 5.91. The lowest BCUT2D eigenvalue weighted by Crippen LogP contribution is -2.32. The molecule has 0 spiro atoms. The molecule has 0 aliphatic heterocycles. The number of carbonyl (C=O) groups is 1. The fourth-order valence-electron chi connectivity index (χ4n) is 3.06. The maximum absolute atomic E-state index is 12.9. The summed E-state index contributed by atoms with van der Waals surface area (Å²) in [6.07, 6.45) is 5.50. The largest absolute Gasteiger partial charge is 0.324 e. The van der Waals surface area contributed by atoms with Crippen molar-refractivity contribution in [3.63, 3.8) is 0 Å². The third-order valence-corrected chi connectivity index (χ3v) is 4.72. The molecule has 0 bridgehead atoms. The molecular weight excluding hydrogens is 344 g/mol. The van der Waals surface area contributed by atoms with E-state index < -0.39 is 0 Å². The minimum absolute atomic E-state index is 0.0665. The van der Waals surface area contributed by atoms with Gasteiger partial charge in [-0.1, -0.05) is 13.8 Å². The second-order valence-corrected chi connectivity index (χ2v) is 7.35. The molecule has 3 heterocycles. The number of anilines is 1. The molecule has 0 aromatic carbocycles. The van der Waals surface area contributed by atoms with Crippen LogP contribution in [0.4, 0.5) is 5.69 Å². The van der Waals surface area contributed by atoms with E-state index in [1.165, 1.54) is 4.68 Å². The summed E-state index contributed by atoms with van der Waals surface area (Å²) in [7, 11) is 0. The smallest absolute Gasteiger partial charge is 0.293 e. The summed E-state index contributed by atoms with van der Waals surface area (Å²) in [5.74, 6) is 0.872. The van der Waals surface area contributed by atoms with E-state index in [2.05, 4.69) is 20.5 Å². The minimum Gasteiger partial charge on any atom is -0.324 e. The van der Waals surface area contributed by atoms with Gasteiger partial charge in [-0.3, -0.25) is 14.6 Å². The van der Waals surface area contributed by atoms with Crippen molar-refractivity contribution in [3.05, 3.63) is 52.0 Å². The standard InChI is InChI=1S/C19H22N6O2/c1-11(2)18-23-24(10-17(26)21-14-6-7-20-9-12(14)3)19(27)16-8-15(13-4-5-13)22-25(16)18/h6-9,11,13H,4-5,10H2,1-3H3,(H,20,21,26).